The summed E-state index contributed by atoms with van der Waals surface area (Å²) in [5.41, 5.74) is 19.5. The zero-order valence-electron chi connectivity index (χ0n) is 75.5. The number of ether oxygens (including phenoxy) is 7. The van der Waals surface area contributed by atoms with Gasteiger partial charge in [-0.2, -0.15) is 0 Å². The predicted molar refractivity (Wildman–Crippen MR) is 499 cm³/mol. The Kier molecular flexibility index (Phi) is 42.7. The number of nitrogens with two attached hydrogens (primary N) is 2. The average molecular weight is 1720 g/mol. The predicted octanol–water partition coefficient (Wildman–Crippen LogP) is 17.5. The molecule has 21 heteroatoms. The molecule has 123 heavy (non-hydrogen) atoms. The normalized spacial score (nSPS) is 20.2. The minimum absolute atomic E-state index is 0. The molecule has 3 saturated carbocycles. The molecule has 13 rings (SSSR count). The molecule has 11 atom stereocenters. The Balaban J connectivity index is 0.000000190. The van der Waals surface area contributed by atoms with Crippen molar-refractivity contribution in [1.82, 2.24) is 5.32 Å². The number of hydrogen-bond acceptors (Lipinski definition) is 19. The van der Waals surface area contributed by atoms with Crippen LogP contribution in [0.4, 0.5) is 21.9 Å². The van der Waals surface area contributed by atoms with Gasteiger partial charge in [-0.15, -0.1) is 12.4 Å². The van der Waals surface area contributed by atoms with Gasteiger partial charge in [-0.3, -0.25) is 28.8 Å². The van der Waals surface area contributed by atoms with Crippen molar-refractivity contribution in [3.05, 3.63) is 222 Å². The van der Waals surface area contributed by atoms with E-state index in [1.54, 1.807) is 28.3 Å². The van der Waals surface area contributed by atoms with Gasteiger partial charge in [-0.25, -0.2) is 4.79 Å². The van der Waals surface area contributed by atoms with Crippen molar-refractivity contribution in [1.29, 1.82) is 0 Å². The van der Waals surface area contributed by atoms with Crippen molar-refractivity contribution < 1.29 is 38.0 Å². The van der Waals surface area contributed by atoms with Crippen molar-refractivity contribution >= 4 is 35.6 Å². The Morgan fingerprint density at radius 3 is 1.11 bits per heavy atom. The molecule has 3 aliphatic heterocycles. The van der Waals surface area contributed by atoms with Crippen LogP contribution in [-0.2, 0) is 52.6 Å². The molecular formula is C102H149ClN6O14. The number of amides is 1. The standard InChI is InChI=1S/C32H47NO4.C31H46N2O4.C21H27NO4.C18H28N2O2.ClH/c1-23(2)27(20-24-12-6-4-7-13-24)21-28-29(31(35)30(28)34)33-17-10-16-26(22-33)32(37-19-11-18-36-3)25-14-8-5-9-15-25;1-22(32)26(19-23-11-5-3-6-12-23)20-27-28(30(35)29(27)34)33-16-9-15-25(21-33)31(37-18-10-17-36-2)24-13-7-4-8-14-24;1-15-18(20(24)19(15)23)22-11-6-10-17(14-22)21(26-13-7-12-25-2)16-8-4-3-5-9-16;1-14(17(19)12-15-8-4-2-5-9-15)20-18(21)22-13-16-10-6-3-7-11-16;/h5,8-9,14-15,23-24,26-27,32H,4,6-7,10-13,16-22H2,1-3H3;4,7-8,13-14,22-23,25-26,31H,3,5-6,9-12,15-21,32H2,1-2H3;3-5,8-9,17,21H,6-7,10-14H2,1-2H3;3,6-7,10-11,14-15,17H,2,4-5,8-9,12-13,19H2,1H3,(H,20,21);1H/t26?,27-,32?;22-,25?,26+,31?;;14-,17-;/m10.0./s1. The molecule has 7 aromatic rings. The van der Waals surface area contributed by atoms with E-state index in [4.69, 9.17) is 44.6 Å². The van der Waals surface area contributed by atoms with Gasteiger partial charge in [0.25, 0.3) is 0 Å². The van der Waals surface area contributed by atoms with Gasteiger partial charge in [0.15, 0.2) is 0 Å². The molecule has 7 aromatic carbocycles. The van der Waals surface area contributed by atoms with E-state index in [2.05, 4.69) is 101 Å². The molecule has 678 valence electrons. The highest BCUT2D eigenvalue weighted by Gasteiger charge is 2.39. The second-order valence-corrected chi connectivity index (χ2v) is 36.7. The Bertz CT molecular complexity index is 4190. The molecule has 0 radical (unpaired) electrons. The van der Waals surface area contributed by atoms with Crippen LogP contribution in [0.2, 0.25) is 0 Å². The molecule has 3 aliphatic carbocycles. The van der Waals surface area contributed by atoms with Gasteiger partial charge in [0.2, 0.25) is 32.6 Å². The number of anilines is 3. The van der Waals surface area contributed by atoms with E-state index in [0.717, 1.165) is 145 Å². The number of carbonyl (C=O) groups excluding carboxylic acids is 1. The SMILES string of the molecule is COCCCOC(c1ccccc1)C1CCCN(c2c(C)c(=O)c2=O)C1.COCCCOC(c1ccccc1)C1CCCN(c2c(C[C@@H](CC3CCCCC3)C(C)C)c(=O)c2=O)C1.COCCCOC(c1ccccc1)C1CCCN(c2c(C[C@@H](CC3CCCCC3)[C@H](C)N)c(=O)c2=O)C1.C[C@H](NC(=O)OCc1ccccc1)[C@@H](N)CC1CCCCC1.Cl. The van der Waals surface area contributed by atoms with E-state index in [9.17, 15) is 33.6 Å². The Morgan fingerprint density at radius 1 is 0.415 bits per heavy atom. The summed E-state index contributed by atoms with van der Waals surface area (Å²) >= 11 is 0. The fourth-order valence-corrected chi connectivity index (χ4v) is 20.2. The second kappa shape index (κ2) is 52.8. The van der Waals surface area contributed by atoms with Crippen LogP contribution in [0.25, 0.3) is 0 Å². The van der Waals surface area contributed by atoms with Gasteiger partial charge in [-0.1, -0.05) is 231 Å². The summed E-state index contributed by atoms with van der Waals surface area (Å²) in [5, 5.41) is 2.85. The molecule has 0 spiro atoms. The van der Waals surface area contributed by atoms with E-state index in [1.807, 2.05) is 67.6 Å². The van der Waals surface area contributed by atoms with Crippen LogP contribution in [-0.4, -0.2) is 124 Å². The number of nitrogens with one attached hydrogen (secondary N) is 1. The highest BCUT2D eigenvalue weighted by molar-refractivity contribution is 5.85. The quantitative estimate of drug-likeness (QED) is 0.0238. The molecule has 6 aliphatic rings. The van der Waals surface area contributed by atoms with Gasteiger partial charge in [0.05, 0.1) is 35.4 Å². The van der Waals surface area contributed by atoms with E-state index >= 15 is 0 Å². The number of methoxy groups -OCH3 is 3. The molecule has 0 bridgehead atoms. The first-order valence-corrected chi connectivity index (χ1v) is 46.9. The van der Waals surface area contributed by atoms with Crippen molar-refractivity contribution in [2.24, 2.45) is 64.7 Å². The average Bonchev–Trinajstić information content (AvgIpc) is 0.764. The van der Waals surface area contributed by atoms with Crippen LogP contribution in [0.15, 0.2) is 150 Å². The van der Waals surface area contributed by atoms with Crippen molar-refractivity contribution in [3.63, 3.8) is 0 Å². The summed E-state index contributed by atoms with van der Waals surface area (Å²) in [6.07, 6.45) is 32.5. The third-order valence-corrected chi connectivity index (χ3v) is 27.3. The summed E-state index contributed by atoms with van der Waals surface area (Å²) in [4.78, 5) is 93.3. The molecule has 20 nitrogen and oxygen atoms in total. The Hall–Kier alpha value is -7.24. The van der Waals surface area contributed by atoms with E-state index < -0.39 is 6.09 Å². The lowest BCUT2D eigenvalue weighted by molar-refractivity contribution is -0.00246. The van der Waals surface area contributed by atoms with Crippen LogP contribution in [0.3, 0.4) is 0 Å². The third-order valence-electron chi connectivity index (χ3n) is 27.3. The molecule has 0 aromatic heterocycles. The molecule has 1 amide bonds. The maximum absolute atomic E-state index is 12.9. The van der Waals surface area contributed by atoms with Crippen molar-refractivity contribution in [3.8, 4) is 0 Å². The van der Waals surface area contributed by atoms with Gasteiger partial charge in [0.1, 0.15) is 6.61 Å². The number of benzene rings is 4. The van der Waals surface area contributed by atoms with E-state index in [-0.39, 0.29) is 112 Å². The van der Waals surface area contributed by atoms with Gasteiger partial charge >= 0.3 is 6.09 Å². The Labute approximate surface area is 739 Å². The van der Waals surface area contributed by atoms with E-state index in [1.165, 1.54) is 119 Å². The minimum atomic E-state index is -0.393. The fraction of sp³-hybridized carbons (Fsp3) is 0.637. The smallest absolute Gasteiger partial charge is 0.407 e. The number of piperidine rings is 3. The largest absolute Gasteiger partial charge is 0.445 e. The van der Waals surface area contributed by atoms with Gasteiger partial charge in [-0.05, 0) is 168 Å². The number of nitrogens with zero attached hydrogens (tertiary/aromatic N) is 3. The molecule has 3 heterocycles. The summed E-state index contributed by atoms with van der Waals surface area (Å²) in [6, 6.07) is 40.7. The zero-order chi connectivity index (χ0) is 86.7. The molecule has 6 fully saturated rings. The maximum Gasteiger partial charge on any atom is 0.407 e. The van der Waals surface area contributed by atoms with Crippen molar-refractivity contribution in [2.45, 2.75) is 264 Å². The molecule has 3 saturated heterocycles. The van der Waals surface area contributed by atoms with Gasteiger partial charge in [0, 0.05) is 153 Å². The topological polar surface area (TPSA) is 258 Å². The Morgan fingerprint density at radius 2 is 0.756 bits per heavy atom. The summed E-state index contributed by atoms with van der Waals surface area (Å²) in [7, 11) is 5.12. The second-order valence-electron chi connectivity index (χ2n) is 36.7. The lowest BCUT2D eigenvalue weighted by Gasteiger charge is -2.39. The lowest BCUT2D eigenvalue weighted by Crippen LogP contribution is -2.49. The van der Waals surface area contributed by atoms with Crippen LogP contribution < -0.4 is 64.1 Å². The van der Waals surface area contributed by atoms with Crippen LogP contribution in [0.1, 0.15) is 258 Å². The molecule has 6 unspecified atom stereocenters. The molecule has 5 N–H and O–H groups in total. The number of rotatable bonds is 40. The first-order chi connectivity index (χ1) is 59.3. The van der Waals surface area contributed by atoms with Crippen LogP contribution in [0.5, 0.6) is 0 Å². The highest BCUT2D eigenvalue weighted by atomic mass is 35.5. The number of halogens is 1. The minimum Gasteiger partial charge on any atom is -0.445 e. The highest BCUT2D eigenvalue weighted by Crippen LogP contribution is 2.41. The molecular weight excluding hydrogens is 1570 g/mol. The lowest BCUT2D eigenvalue weighted by atomic mass is 9.76. The van der Waals surface area contributed by atoms with E-state index in [0.29, 0.717) is 86.7 Å². The fourth-order valence-electron chi connectivity index (χ4n) is 20.2. The van der Waals surface area contributed by atoms with Gasteiger partial charge < -0.3 is 64.6 Å². The zero-order valence-corrected chi connectivity index (χ0v) is 76.3. The first kappa shape index (κ1) is 99.5. The number of hydrogen-bond donors (Lipinski definition) is 3. The van der Waals surface area contributed by atoms with Crippen LogP contribution >= 0.6 is 12.4 Å². The van der Waals surface area contributed by atoms with Crippen LogP contribution in [0, 0.1) is 60.2 Å². The maximum atomic E-state index is 12.9. The van der Waals surface area contributed by atoms with Crippen molar-refractivity contribution in [2.75, 3.05) is 115 Å². The summed E-state index contributed by atoms with van der Waals surface area (Å²) < 4.78 is 39.9. The summed E-state index contributed by atoms with van der Waals surface area (Å²) in [6.45, 7) is 19.3. The monoisotopic (exact) mass is 1720 g/mol. The number of carbonyl (C=O) groups is 1. The first-order valence-electron chi connectivity index (χ1n) is 46.9. The third kappa shape index (κ3) is 29.7. The number of alkyl carbamates (subject to hydrolysis) is 1. The summed E-state index contributed by atoms with van der Waals surface area (Å²) in [5.74, 6) is 4.22.